The van der Waals surface area contributed by atoms with E-state index in [1.807, 2.05) is 6.92 Å². The Bertz CT molecular complexity index is 386. The molecule has 0 bridgehead atoms. The third kappa shape index (κ3) is 2.60. The second-order valence-electron chi connectivity index (χ2n) is 3.53. The normalized spacial score (nSPS) is 10.2. The van der Waals surface area contributed by atoms with Gasteiger partial charge in [-0.15, -0.1) is 0 Å². The molecule has 0 aliphatic heterocycles. The summed E-state index contributed by atoms with van der Waals surface area (Å²) in [6, 6.07) is 2.96. The van der Waals surface area contributed by atoms with Crippen LogP contribution in [0.1, 0.15) is 32.3 Å². The minimum absolute atomic E-state index is 0.0481. The molecule has 0 heterocycles. The summed E-state index contributed by atoms with van der Waals surface area (Å²) in [6.45, 7) is 7.75. The molecule has 88 valence electrons. The van der Waals surface area contributed by atoms with Crippen molar-refractivity contribution in [1.82, 2.24) is 0 Å². The fourth-order valence-corrected chi connectivity index (χ4v) is 1.51. The summed E-state index contributed by atoms with van der Waals surface area (Å²) in [5.41, 5.74) is 0.852. The minimum atomic E-state index is -0.934. The molecule has 1 rings (SSSR count). The quantitative estimate of drug-likeness (QED) is 0.732. The highest BCUT2D eigenvalue weighted by Gasteiger charge is 2.15. The van der Waals surface area contributed by atoms with Crippen molar-refractivity contribution in [3.05, 3.63) is 35.9 Å². The van der Waals surface area contributed by atoms with E-state index in [9.17, 15) is 8.78 Å². The van der Waals surface area contributed by atoms with Gasteiger partial charge in [-0.2, -0.15) is 4.39 Å². The highest BCUT2D eigenvalue weighted by molar-refractivity contribution is 5.64. The number of benzene rings is 1. The molecule has 0 unspecified atom stereocenters. The summed E-state index contributed by atoms with van der Waals surface area (Å²) >= 11 is 0. The SMILES string of the molecule is C=C(CCC)c1ccc(OCC)c(F)c1F. The van der Waals surface area contributed by atoms with E-state index in [2.05, 4.69) is 6.58 Å². The van der Waals surface area contributed by atoms with Gasteiger partial charge in [-0.05, 0) is 31.1 Å². The first-order valence-corrected chi connectivity index (χ1v) is 5.40. The largest absolute Gasteiger partial charge is 0.491 e. The first-order chi connectivity index (χ1) is 7.61. The monoisotopic (exact) mass is 226 g/mol. The van der Waals surface area contributed by atoms with Crippen molar-refractivity contribution >= 4 is 5.57 Å². The van der Waals surface area contributed by atoms with E-state index in [1.165, 1.54) is 12.1 Å². The average Bonchev–Trinajstić information content (AvgIpc) is 2.25. The molecule has 0 aromatic heterocycles. The zero-order valence-corrected chi connectivity index (χ0v) is 9.65. The lowest BCUT2D eigenvalue weighted by atomic mass is 10.0. The van der Waals surface area contributed by atoms with E-state index in [-0.39, 0.29) is 11.3 Å². The Kier molecular flexibility index (Phi) is 4.47. The molecule has 0 fully saturated rings. The van der Waals surface area contributed by atoms with Gasteiger partial charge in [-0.1, -0.05) is 19.9 Å². The molecule has 0 amide bonds. The van der Waals surface area contributed by atoms with Crippen molar-refractivity contribution in [3.63, 3.8) is 0 Å². The molecule has 1 aromatic rings. The summed E-state index contributed by atoms with van der Waals surface area (Å²) < 4.78 is 32.1. The van der Waals surface area contributed by atoms with Crippen LogP contribution in [-0.4, -0.2) is 6.61 Å². The minimum Gasteiger partial charge on any atom is -0.491 e. The first-order valence-electron chi connectivity index (χ1n) is 5.40. The first kappa shape index (κ1) is 12.7. The molecule has 1 nitrogen and oxygen atoms in total. The molecule has 3 heteroatoms. The third-order valence-electron chi connectivity index (χ3n) is 2.28. The van der Waals surface area contributed by atoms with Crippen LogP contribution in [0.2, 0.25) is 0 Å². The van der Waals surface area contributed by atoms with E-state index in [1.54, 1.807) is 6.92 Å². The van der Waals surface area contributed by atoms with Crippen molar-refractivity contribution in [2.45, 2.75) is 26.7 Å². The van der Waals surface area contributed by atoms with Gasteiger partial charge in [0, 0.05) is 5.56 Å². The summed E-state index contributed by atoms with van der Waals surface area (Å²) in [5.74, 6) is -1.85. The van der Waals surface area contributed by atoms with Crippen LogP contribution in [0.25, 0.3) is 5.57 Å². The Labute approximate surface area is 94.7 Å². The maximum atomic E-state index is 13.6. The van der Waals surface area contributed by atoms with Crippen LogP contribution >= 0.6 is 0 Å². The number of hydrogen-bond acceptors (Lipinski definition) is 1. The van der Waals surface area contributed by atoms with Gasteiger partial charge in [0.2, 0.25) is 5.82 Å². The maximum absolute atomic E-state index is 13.6. The Balaban J connectivity index is 3.06. The highest BCUT2D eigenvalue weighted by Crippen LogP contribution is 2.28. The predicted octanol–water partition coefficient (Wildman–Crippen LogP) is 4.18. The highest BCUT2D eigenvalue weighted by atomic mass is 19.2. The summed E-state index contributed by atoms with van der Waals surface area (Å²) in [5, 5.41) is 0. The Morgan fingerprint density at radius 1 is 1.25 bits per heavy atom. The molecular weight excluding hydrogens is 210 g/mol. The molecule has 0 spiro atoms. The lowest BCUT2D eigenvalue weighted by Crippen LogP contribution is -2.00. The zero-order valence-electron chi connectivity index (χ0n) is 9.65. The van der Waals surface area contributed by atoms with Crippen molar-refractivity contribution in [2.75, 3.05) is 6.61 Å². The van der Waals surface area contributed by atoms with E-state index in [4.69, 9.17) is 4.74 Å². The molecule has 16 heavy (non-hydrogen) atoms. The summed E-state index contributed by atoms with van der Waals surface area (Å²) in [6.07, 6.45) is 1.51. The van der Waals surface area contributed by atoms with Gasteiger partial charge in [0.25, 0.3) is 0 Å². The lowest BCUT2D eigenvalue weighted by molar-refractivity contribution is 0.314. The van der Waals surface area contributed by atoms with Crippen molar-refractivity contribution in [3.8, 4) is 5.75 Å². The molecule has 0 saturated carbocycles. The van der Waals surface area contributed by atoms with Crippen molar-refractivity contribution < 1.29 is 13.5 Å². The fraction of sp³-hybridized carbons (Fsp3) is 0.385. The average molecular weight is 226 g/mol. The number of halogens is 2. The molecular formula is C13H16F2O. The van der Waals surface area contributed by atoms with Crippen molar-refractivity contribution in [2.24, 2.45) is 0 Å². The van der Waals surface area contributed by atoms with Crippen LogP contribution in [0.15, 0.2) is 18.7 Å². The van der Waals surface area contributed by atoms with Crippen LogP contribution in [0, 0.1) is 11.6 Å². The van der Waals surface area contributed by atoms with Gasteiger partial charge in [0.15, 0.2) is 11.6 Å². The van der Waals surface area contributed by atoms with Gasteiger partial charge in [-0.25, -0.2) is 4.39 Å². The molecule has 0 N–H and O–H groups in total. The Morgan fingerprint density at radius 3 is 2.50 bits per heavy atom. The molecule has 0 radical (unpaired) electrons. The molecule has 0 saturated heterocycles. The van der Waals surface area contributed by atoms with Crippen LogP contribution in [0.5, 0.6) is 5.75 Å². The number of allylic oxidation sites excluding steroid dienone is 1. The molecule has 1 aromatic carbocycles. The number of hydrogen-bond donors (Lipinski definition) is 0. The van der Waals surface area contributed by atoms with E-state index in [0.29, 0.717) is 18.6 Å². The Morgan fingerprint density at radius 2 is 1.94 bits per heavy atom. The summed E-state index contributed by atoms with van der Waals surface area (Å²) in [4.78, 5) is 0. The van der Waals surface area contributed by atoms with Gasteiger partial charge in [0.1, 0.15) is 0 Å². The van der Waals surface area contributed by atoms with E-state index < -0.39 is 11.6 Å². The lowest BCUT2D eigenvalue weighted by Gasteiger charge is -2.10. The second-order valence-corrected chi connectivity index (χ2v) is 3.53. The topological polar surface area (TPSA) is 9.23 Å². The predicted molar refractivity (Wildman–Crippen MR) is 61.5 cm³/mol. The van der Waals surface area contributed by atoms with Crippen LogP contribution < -0.4 is 4.74 Å². The standard InChI is InChI=1S/C13H16F2O/c1-4-6-9(3)10-7-8-11(16-5-2)13(15)12(10)14/h7-8H,3-6H2,1-2H3. The van der Waals surface area contributed by atoms with Crippen molar-refractivity contribution in [1.29, 1.82) is 0 Å². The van der Waals surface area contributed by atoms with Crippen LogP contribution in [-0.2, 0) is 0 Å². The van der Waals surface area contributed by atoms with Crippen LogP contribution in [0.3, 0.4) is 0 Å². The number of ether oxygens (including phenoxy) is 1. The Hall–Kier alpha value is -1.38. The number of rotatable bonds is 5. The van der Waals surface area contributed by atoms with E-state index in [0.717, 1.165) is 6.42 Å². The van der Waals surface area contributed by atoms with E-state index >= 15 is 0 Å². The maximum Gasteiger partial charge on any atom is 0.201 e. The third-order valence-corrected chi connectivity index (χ3v) is 2.28. The van der Waals surface area contributed by atoms with Gasteiger partial charge >= 0.3 is 0 Å². The second kappa shape index (κ2) is 5.64. The molecule has 0 aliphatic carbocycles. The van der Waals surface area contributed by atoms with Gasteiger partial charge < -0.3 is 4.74 Å². The molecule has 0 aliphatic rings. The van der Waals surface area contributed by atoms with Gasteiger partial charge in [0.05, 0.1) is 6.61 Å². The smallest absolute Gasteiger partial charge is 0.201 e. The van der Waals surface area contributed by atoms with Gasteiger partial charge in [-0.3, -0.25) is 0 Å². The molecule has 0 atom stereocenters. The van der Waals surface area contributed by atoms with Crippen LogP contribution in [0.4, 0.5) is 8.78 Å². The summed E-state index contributed by atoms with van der Waals surface area (Å²) in [7, 11) is 0. The zero-order chi connectivity index (χ0) is 12.1. The fourth-order valence-electron chi connectivity index (χ4n) is 1.51.